The van der Waals surface area contributed by atoms with E-state index < -0.39 is 6.10 Å². The van der Waals surface area contributed by atoms with Crippen LogP contribution >= 0.6 is 0 Å². The molecule has 1 aliphatic rings. The molecule has 3 heterocycles. The van der Waals surface area contributed by atoms with Gasteiger partial charge >= 0.3 is 0 Å². The molecular weight excluding hydrogens is 320 g/mol. The molecule has 8 heteroatoms. The number of aromatic amines is 1. The average molecular weight is 344 g/mol. The summed E-state index contributed by atoms with van der Waals surface area (Å²) in [5.74, 6) is 0.546. The first-order valence-corrected chi connectivity index (χ1v) is 8.54. The summed E-state index contributed by atoms with van der Waals surface area (Å²) in [6.45, 7) is 4.91. The number of likely N-dealkylation sites (tertiary alicyclic amines) is 1. The molecule has 1 fully saturated rings. The van der Waals surface area contributed by atoms with E-state index in [0.29, 0.717) is 38.3 Å². The highest BCUT2D eigenvalue weighted by Crippen LogP contribution is 2.17. The molecule has 3 rings (SSSR count). The van der Waals surface area contributed by atoms with E-state index in [9.17, 15) is 9.90 Å². The Kier molecular flexibility index (Phi) is 5.28. The number of nitrogens with one attached hydrogen (secondary N) is 2. The lowest BCUT2D eigenvalue weighted by Crippen LogP contribution is -2.51. The summed E-state index contributed by atoms with van der Waals surface area (Å²) in [4.78, 5) is 22.4. The lowest BCUT2D eigenvalue weighted by molar-refractivity contribution is -0.134. The highest BCUT2D eigenvalue weighted by molar-refractivity contribution is 5.76. The lowest BCUT2D eigenvalue weighted by atomic mass is 10.0. The molecule has 3 N–H and O–H groups in total. The number of piperidine rings is 1. The van der Waals surface area contributed by atoms with Gasteiger partial charge in [0.2, 0.25) is 11.9 Å². The molecule has 134 valence electrons. The largest absolute Gasteiger partial charge is 0.389 e. The van der Waals surface area contributed by atoms with Crippen molar-refractivity contribution in [3.05, 3.63) is 35.4 Å². The van der Waals surface area contributed by atoms with Crippen LogP contribution in [0.1, 0.15) is 29.8 Å². The SMILES string of the molecule is Cc1[nH]nc(CCC(=O)N2CC[C@@H](Nc3ncccn3)[C@H](O)C2)c1C. The zero-order valence-corrected chi connectivity index (χ0v) is 14.6. The molecule has 0 saturated carbocycles. The van der Waals surface area contributed by atoms with Gasteiger partial charge < -0.3 is 15.3 Å². The van der Waals surface area contributed by atoms with Crippen LogP contribution in [0.2, 0.25) is 0 Å². The van der Waals surface area contributed by atoms with Crippen LogP contribution in [-0.2, 0) is 11.2 Å². The van der Waals surface area contributed by atoms with Gasteiger partial charge in [0.05, 0.1) is 17.8 Å². The first-order valence-electron chi connectivity index (χ1n) is 8.54. The molecule has 0 bridgehead atoms. The van der Waals surface area contributed by atoms with Crippen LogP contribution in [0.4, 0.5) is 5.95 Å². The van der Waals surface area contributed by atoms with Crippen molar-refractivity contribution in [1.82, 2.24) is 25.1 Å². The summed E-state index contributed by atoms with van der Waals surface area (Å²) < 4.78 is 0. The van der Waals surface area contributed by atoms with E-state index >= 15 is 0 Å². The topological polar surface area (TPSA) is 107 Å². The maximum Gasteiger partial charge on any atom is 0.223 e. The molecule has 1 saturated heterocycles. The Morgan fingerprint density at radius 2 is 2.16 bits per heavy atom. The number of hydrogen-bond acceptors (Lipinski definition) is 6. The van der Waals surface area contributed by atoms with Gasteiger partial charge in [-0.05, 0) is 31.9 Å². The van der Waals surface area contributed by atoms with Gasteiger partial charge in [-0.2, -0.15) is 5.10 Å². The van der Waals surface area contributed by atoms with Crippen LogP contribution in [0.25, 0.3) is 0 Å². The molecule has 0 radical (unpaired) electrons. The Morgan fingerprint density at radius 1 is 1.40 bits per heavy atom. The fourth-order valence-electron chi connectivity index (χ4n) is 3.03. The van der Waals surface area contributed by atoms with Crippen molar-refractivity contribution in [2.45, 2.75) is 45.3 Å². The van der Waals surface area contributed by atoms with Crippen LogP contribution in [0.5, 0.6) is 0 Å². The number of H-pyrrole nitrogens is 1. The van der Waals surface area contributed by atoms with Gasteiger partial charge in [0.15, 0.2) is 0 Å². The molecule has 8 nitrogen and oxygen atoms in total. The Balaban J connectivity index is 1.50. The van der Waals surface area contributed by atoms with Gasteiger partial charge in [-0.3, -0.25) is 9.89 Å². The van der Waals surface area contributed by atoms with E-state index in [4.69, 9.17) is 0 Å². The molecule has 2 atom stereocenters. The Labute approximate surface area is 146 Å². The first kappa shape index (κ1) is 17.3. The van der Waals surface area contributed by atoms with E-state index in [1.54, 1.807) is 23.4 Å². The van der Waals surface area contributed by atoms with E-state index in [1.807, 2.05) is 13.8 Å². The fourth-order valence-corrected chi connectivity index (χ4v) is 3.03. The number of carbonyl (C=O) groups excluding carboxylic acids is 1. The van der Waals surface area contributed by atoms with Gasteiger partial charge in [0, 0.05) is 44.0 Å². The molecule has 1 aliphatic heterocycles. The predicted molar refractivity (Wildman–Crippen MR) is 93.0 cm³/mol. The maximum absolute atomic E-state index is 12.4. The summed E-state index contributed by atoms with van der Waals surface area (Å²) in [6, 6.07) is 1.59. The number of nitrogens with zero attached hydrogens (tertiary/aromatic N) is 4. The van der Waals surface area contributed by atoms with Crippen molar-refractivity contribution in [1.29, 1.82) is 0 Å². The van der Waals surface area contributed by atoms with Crippen molar-refractivity contribution >= 4 is 11.9 Å². The van der Waals surface area contributed by atoms with Crippen LogP contribution < -0.4 is 5.32 Å². The van der Waals surface area contributed by atoms with E-state index in [0.717, 1.165) is 17.0 Å². The molecular formula is C17H24N6O2. The molecule has 1 amide bonds. The number of rotatable bonds is 5. The highest BCUT2D eigenvalue weighted by atomic mass is 16.3. The zero-order chi connectivity index (χ0) is 17.8. The molecule has 0 aromatic carbocycles. The minimum Gasteiger partial charge on any atom is -0.389 e. The fraction of sp³-hybridized carbons (Fsp3) is 0.529. The number of aryl methyl sites for hydroxylation is 2. The second kappa shape index (κ2) is 7.60. The summed E-state index contributed by atoms with van der Waals surface area (Å²) in [6.07, 6.45) is 4.33. The predicted octanol–water partition coefficient (Wildman–Crippen LogP) is 0.823. The minimum absolute atomic E-state index is 0.0496. The zero-order valence-electron chi connectivity index (χ0n) is 14.6. The summed E-state index contributed by atoms with van der Waals surface area (Å²) in [5, 5.41) is 20.7. The summed E-state index contributed by atoms with van der Waals surface area (Å²) in [5.41, 5.74) is 3.08. The van der Waals surface area contributed by atoms with Crippen molar-refractivity contribution < 1.29 is 9.90 Å². The van der Waals surface area contributed by atoms with E-state index in [2.05, 4.69) is 25.5 Å². The first-order chi connectivity index (χ1) is 12.0. The monoisotopic (exact) mass is 344 g/mol. The normalized spacial score (nSPS) is 20.5. The van der Waals surface area contributed by atoms with Gasteiger partial charge in [0.25, 0.3) is 0 Å². The van der Waals surface area contributed by atoms with Crippen molar-refractivity contribution in [3.8, 4) is 0 Å². The second-order valence-electron chi connectivity index (χ2n) is 6.44. The number of carbonyl (C=O) groups is 1. The van der Waals surface area contributed by atoms with Crippen LogP contribution in [0.3, 0.4) is 0 Å². The molecule has 0 aliphatic carbocycles. The Bertz CT molecular complexity index is 717. The molecule has 2 aromatic rings. The van der Waals surface area contributed by atoms with Gasteiger partial charge in [-0.1, -0.05) is 0 Å². The molecule has 0 unspecified atom stereocenters. The number of aromatic nitrogens is 4. The summed E-state index contributed by atoms with van der Waals surface area (Å²) >= 11 is 0. The number of β-amino-alcohol motifs (C(OH)–C–C–N with tert-alkyl or cyclic N) is 1. The average Bonchev–Trinajstić information content (AvgIpc) is 2.94. The van der Waals surface area contributed by atoms with Crippen LogP contribution in [0, 0.1) is 13.8 Å². The van der Waals surface area contributed by atoms with Crippen molar-refractivity contribution in [2.75, 3.05) is 18.4 Å². The molecule has 2 aromatic heterocycles. The van der Waals surface area contributed by atoms with Crippen LogP contribution in [-0.4, -0.2) is 61.3 Å². The van der Waals surface area contributed by atoms with Crippen molar-refractivity contribution in [3.63, 3.8) is 0 Å². The standard InChI is InChI=1S/C17H24N6O2/c1-11-12(2)21-22-13(11)4-5-16(25)23-9-6-14(15(24)10-23)20-17-18-7-3-8-19-17/h3,7-8,14-15,24H,4-6,9-10H2,1-2H3,(H,21,22)(H,18,19,20)/t14-,15-/m1/s1. The minimum atomic E-state index is -0.643. The quantitative estimate of drug-likeness (QED) is 0.741. The third kappa shape index (κ3) is 4.14. The number of hydrogen-bond donors (Lipinski definition) is 3. The molecule has 25 heavy (non-hydrogen) atoms. The number of aliphatic hydroxyl groups excluding tert-OH is 1. The van der Waals surface area contributed by atoms with E-state index in [-0.39, 0.29) is 11.9 Å². The smallest absolute Gasteiger partial charge is 0.223 e. The third-order valence-electron chi connectivity index (χ3n) is 4.74. The number of aliphatic hydroxyl groups is 1. The Morgan fingerprint density at radius 3 is 2.80 bits per heavy atom. The number of anilines is 1. The lowest BCUT2D eigenvalue weighted by Gasteiger charge is -2.36. The maximum atomic E-state index is 12.4. The van der Waals surface area contributed by atoms with Crippen LogP contribution in [0.15, 0.2) is 18.5 Å². The highest BCUT2D eigenvalue weighted by Gasteiger charge is 2.30. The van der Waals surface area contributed by atoms with Gasteiger partial charge in [0.1, 0.15) is 0 Å². The third-order valence-corrected chi connectivity index (χ3v) is 4.74. The van der Waals surface area contributed by atoms with Crippen molar-refractivity contribution in [2.24, 2.45) is 0 Å². The number of amides is 1. The molecule has 0 spiro atoms. The second-order valence-corrected chi connectivity index (χ2v) is 6.44. The Hall–Kier alpha value is -2.48. The summed E-state index contributed by atoms with van der Waals surface area (Å²) in [7, 11) is 0. The van der Waals surface area contributed by atoms with Gasteiger partial charge in [-0.15, -0.1) is 0 Å². The van der Waals surface area contributed by atoms with E-state index in [1.165, 1.54) is 0 Å². The van der Waals surface area contributed by atoms with Gasteiger partial charge in [-0.25, -0.2) is 9.97 Å².